The summed E-state index contributed by atoms with van der Waals surface area (Å²) in [6, 6.07) is 10.8. The van der Waals surface area contributed by atoms with Crippen LogP contribution in [0.5, 0.6) is 0 Å². The molecule has 0 radical (unpaired) electrons. The van der Waals surface area contributed by atoms with Crippen molar-refractivity contribution >= 4 is 0 Å². The molecule has 2 heterocycles. The minimum atomic E-state index is 0.552. The van der Waals surface area contributed by atoms with E-state index in [1.54, 1.807) is 0 Å². The van der Waals surface area contributed by atoms with Gasteiger partial charge in [-0.2, -0.15) is 0 Å². The van der Waals surface area contributed by atoms with Gasteiger partial charge in [-0.05, 0) is 38.4 Å². The molecule has 1 aliphatic rings. The Bertz CT molecular complexity index is 506. The van der Waals surface area contributed by atoms with Crippen LogP contribution in [0.2, 0.25) is 0 Å². The van der Waals surface area contributed by atoms with Gasteiger partial charge in [0.05, 0.1) is 17.6 Å². The molecule has 0 saturated carbocycles. The molecule has 2 unspecified atom stereocenters. The summed E-state index contributed by atoms with van der Waals surface area (Å²) in [7, 11) is 0. The summed E-state index contributed by atoms with van der Waals surface area (Å²) in [4.78, 5) is 0. The average Bonchev–Trinajstić information content (AvgIpc) is 2.89. The normalized spacial score (nSPS) is 24.1. The SMILES string of the molecule is CC1CC(c2cnnn2-c2ccccc2)CCN1. The van der Waals surface area contributed by atoms with Gasteiger partial charge in [0.25, 0.3) is 0 Å². The van der Waals surface area contributed by atoms with Gasteiger partial charge >= 0.3 is 0 Å². The summed E-state index contributed by atoms with van der Waals surface area (Å²) in [5.74, 6) is 0.552. The lowest BCUT2D eigenvalue weighted by atomic mass is 9.90. The smallest absolute Gasteiger partial charge is 0.0732 e. The fourth-order valence-electron chi connectivity index (χ4n) is 2.69. The van der Waals surface area contributed by atoms with Crippen LogP contribution >= 0.6 is 0 Å². The fraction of sp³-hybridized carbons (Fsp3) is 0.429. The molecule has 1 aromatic heterocycles. The monoisotopic (exact) mass is 242 g/mol. The van der Waals surface area contributed by atoms with Crippen molar-refractivity contribution in [3.63, 3.8) is 0 Å². The quantitative estimate of drug-likeness (QED) is 0.877. The first kappa shape index (κ1) is 11.4. The lowest BCUT2D eigenvalue weighted by Crippen LogP contribution is -2.35. The number of aromatic nitrogens is 3. The Hall–Kier alpha value is -1.68. The van der Waals surface area contributed by atoms with Gasteiger partial charge in [0, 0.05) is 12.0 Å². The molecule has 18 heavy (non-hydrogen) atoms. The number of para-hydroxylation sites is 1. The van der Waals surface area contributed by atoms with Crippen molar-refractivity contribution in [3.05, 3.63) is 42.2 Å². The molecule has 1 saturated heterocycles. The highest BCUT2D eigenvalue weighted by Gasteiger charge is 2.23. The zero-order valence-corrected chi connectivity index (χ0v) is 10.6. The van der Waals surface area contributed by atoms with E-state index in [2.05, 4.69) is 34.7 Å². The predicted molar refractivity (Wildman–Crippen MR) is 70.8 cm³/mol. The van der Waals surface area contributed by atoms with Gasteiger partial charge in [0.2, 0.25) is 0 Å². The Morgan fingerprint density at radius 2 is 2.11 bits per heavy atom. The number of benzene rings is 1. The first-order valence-electron chi connectivity index (χ1n) is 6.54. The third-order valence-corrected chi connectivity index (χ3v) is 3.62. The van der Waals surface area contributed by atoms with Crippen molar-refractivity contribution in [1.29, 1.82) is 0 Å². The molecule has 1 fully saturated rings. The molecule has 2 aromatic rings. The van der Waals surface area contributed by atoms with Crippen molar-refractivity contribution in [3.8, 4) is 5.69 Å². The standard InChI is InChI=1S/C14H18N4/c1-11-9-12(7-8-15-11)14-10-16-17-18(14)13-5-3-2-4-6-13/h2-6,10-12,15H,7-9H2,1H3. The lowest BCUT2D eigenvalue weighted by molar-refractivity contribution is 0.372. The molecule has 0 bridgehead atoms. The summed E-state index contributed by atoms with van der Waals surface area (Å²) in [5, 5.41) is 11.8. The van der Waals surface area contributed by atoms with Crippen LogP contribution in [0.15, 0.2) is 36.5 Å². The van der Waals surface area contributed by atoms with E-state index in [0.717, 1.165) is 25.1 Å². The van der Waals surface area contributed by atoms with Crippen LogP contribution in [-0.4, -0.2) is 27.6 Å². The summed E-state index contributed by atoms with van der Waals surface area (Å²) in [5.41, 5.74) is 2.32. The van der Waals surface area contributed by atoms with Crippen LogP contribution in [0.1, 0.15) is 31.4 Å². The van der Waals surface area contributed by atoms with Gasteiger partial charge in [-0.3, -0.25) is 0 Å². The van der Waals surface area contributed by atoms with Crippen molar-refractivity contribution in [2.75, 3.05) is 6.54 Å². The van der Waals surface area contributed by atoms with Gasteiger partial charge in [-0.15, -0.1) is 5.10 Å². The maximum absolute atomic E-state index is 4.23. The molecule has 1 aliphatic heterocycles. The van der Waals surface area contributed by atoms with Crippen LogP contribution < -0.4 is 5.32 Å². The summed E-state index contributed by atoms with van der Waals surface area (Å²) >= 11 is 0. The van der Waals surface area contributed by atoms with E-state index in [1.807, 2.05) is 29.1 Å². The van der Waals surface area contributed by atoms with Gasteiger partial charge in [0.15, 0.2) is 0 Å². The van der Waals surface area contributed by atoms with E-state index in [0.29, 0.717) is 12.0 Å². The second-order valence-corrected chi connectivity index (χ2v) is 4.98. The first-order valence-corrected chi connectivity index (χ1v) is 6.54. The highest BCUT2D eigenvalue weighted by atomic mass is 15.4. The molecule has 3 rings (SSSR count). The molecule has 1 aromatic carbocycles. The number of piperidine rings is 1. The van der Waals surface area contributed by atoms with Crippen molar-refractivity contribution in [2.24, 2.45) is 0 Å². The minimum absolute atomic E-state index is 0.552. The molecular formula is C14H18N4. The molecule has 4 nitrogen and oxygen atoms in total. The van der Waals surface area contributed by atoms with Gasteiger partial charge in [0.1, 0.15) is 0 Å². The Morgan fingerprint density at radius 1 is 1.28 bits per heavy atom. The molecule has 4 heteroatoms. The zero-order valence-electron chi connectivity index (χ0n) is 10.6. The third-order valence-electron chi connectivity index (χ3n) is 3.62. The third kappa shape index (κ3) is 2.16. The summed E-state index contributed by atoms with van der Waals surface area (Å²) in [6.07, 6.45) is 4.22. The van der Waals surface area contributed by atoms with E-state index in [-0.39, 0.29) is 0 Å². The number of hydrogen-bond donors (Lipinski definition) is 1. The Labute approximate surface area is 107 Å². The van der Waals surface area contributed by atoms with E-state index in [1.165, 1.54) is 5.69 Å². The molecule has 1 N–H and O–H groups in total. The van der Waals surface area contributed by atoms with Crippen LogP contribution in [0, 0.1) is 0 Å². The van der Waals surface area contributed by atoms with Crippen LogP contribution in [0.3, 0.4) is 0 Å². The fourth-order valence-corrected chi connectivity index (χ4v) is 2.69. The first-order chi connectivity index (χ1) is 8.84. The predicted octanol–water partition coefficient (Wildman–Crippen LogP) is 2.12. The van der Waals surface area contributed by atoms with Gasteiger partial charge < -0.3 is 5.32 Å². The van der Waals surface area contributed by atoms with E-state index in [4.69, 9.17) is 0 Å². The average molecular weight is 242 g/mol. The number of nitrogens with one attached hydrogen (secondary N) is 1. The zero-order chi connectivity index (χ0) is 12.4. The Kier molecular flexibility index (Phi) is 3.11. The topological polar surface area (TPSA) is 42.7 Å². The minimum Gasteiger partial charge on any atom is -0.314 e. The van der Waals surface area contributed by atoms with Gasteiger partial charge in [-0.1, -0.05) is 23.4 Å². The Balaban J connectivity index is 1.92. The summed E-state index contributed by atoms with van der Waals surface area (Å²) < 4.78 is 1.97. The maximum atomic E-state index is 4.23. The van der Waals surface area contributed by atoms with Crippen molar-refractivity contribution in [2.45, 2.75) is 31.7 Å². The molecule has 0 spiro atoms. The van der Waals surface area contributed by atoms with Crippen LogP contribution in [0.4, 0.5) is 0 Å². The largest absolute Gasteiger partial charge is 0.314 e. The van der Waals surface area contributed by atoms with Crippen LogP contribution in [-0.2, 0) is 0 Å². The molecular weight excluding hydrogens is 224 g/mol. The molecule has 94 valence electrons. The lowest BCUT2D eigenvalue weighted by Gasteiger charge is -2.28. The van der Waals surface area contributed by atoms with E-state index >= 15 is 0 Å². The highest BCUT2D eigenvalue weighted by Crippen LogP contribution is 2.28. The number of rotatable bonds is 2. The molecule has 0 aliphatic carbocycles. The molecule has 0 amide bonds. The number of nitrogens with zero attached hydrogens (tertiary/aromatic N) is 3. The van der Waals surface area contributed by atoms with Gasteiger partial charge in [-0.25, -0.2) is 4.68 Å². The number of hydrogen-bond acceptors (Lipinski definition) is 3. The summed E-state index contributed by atoms with van der Waals surface area (Å²) in [6.45, 7) is 3.31. The highest BCUT2D eigenvalue weighted by molar-refractivity contribution is 5.32. The maximum Gasteiger partial charge on any atom is 0.0732 e. The van der Waals surface area contributed by atoms with Crippen LogP contribution in [0.25, 0.3) is 5.69 Å². The molecule has 2 atom stereocenters. The Morgan fingerprint density at radius 3 is 2.89 bits per heavy atom. The van der Waals surface area contributed by atoms with Crippen molar-refractivity contribution in [1.82, 2.24) is 20.3 Å². The van der Waals surface area contributed by atoms with Crippen molar-refractivity contribution < 1.29 is 0 Å². The van der Waals surface area contributed by atoms with E-state index < -0.39 is 0 Å². The second kappa shape index (κ2) is 4.90. The second-order valence-electron chi connectivity index (χ2n) is 4.98. The van der Waals surface area contributed by atoms with E-state index in [9.17, 15) is 0 Å².